The first-order valence-electron chi connectivity index (χ1n) is 6.78. The quantitative estimate of drug-likeness (QED) is 0.485. The zero-order chi connectivity index (χ0) is 15.5. The van der Waals surface area contributed by atoms with E-state index in [-0.39, 0.29) is 18.5 Å². The number of imide groups is 1. The summed E-state index contributed by atoms with van der Waals surface area (Å²) in [7, 11) is 0. The zero-order valence-corrected chi connectivity index (χ0v) is 13.8. The summed E-state index contributed by atoms with van der Waals surface area (Å²) in [5.41, 5.74) is 2.14. The third-order valence-electron chi connectivity index (χ3n) is 3.35. The van der Waals surface area contributed by atoms with Crippen molar-refractivity contribution in [3.63, 3.8) is 0 Å². The van der Waals surface area contributed by atoms with Gasteiger partial charge in [0.25, 0.3) is 5.91 Å². The maximum Gasteiger partial charge on any atom is 0.329 e. The first kappa shape index (κ1) is 14.8. The van der Waals surface area contributed by atoms with Crippen molar-refractivity contribution >= 4 is 40.6 Å². The van der Waals surface area contributed by atoms with Crippen LogP contribution >= 0.6 is 22.6 Å². The number of carbonyl (C=O) groups excluding carboxylic acids is 2. The summed E-state index contributed by atoms with van der Waals surface area (Å²) < 4.78 is 1.02. The van der Waals surface area contributed by atoms with Gasteiger partial charge in [-0.3, -0.25) is 9.69 Å². The van der Waals surface area contributed by atoms with Crippen LogP contribution < -0.4 is 5.32 Å². The number of hydrogen-bond donors (Lipinski definition) is 1. The molecule has 110 valence electrons. The van der Waals surface area contributed by atoms with E-state index in [1.807, 2.05) is 54.6 Å². The molecule has 3 rings (SSSR count). The van der Waals surface area contributed by atoms with Gasteiger partial charge in [-0.2, -0.15) is 0 Å². The Hall–Kier alpha value is -2.15. The lowest BCUT2D eigenvalue weighted by atomic mass is 10.2. The Labute approximate surface area is 142 Å². The van der Waals surface area contributed by atoms with Gasteiger partial charge in [0.2, 0.25) is 0 Å². The van der Waals surface area contributed by atoms with E-state index in [0.717, 1.165) is 14.7 Å². The highest BCUT2D eigenvalue weighted by molar-refractivity contribution is 14.1. The number of nitrogens with zero attached hydrogens (tertiary/aromatic N) is 1. The molecule has 0 atom stereocenters. The highest BCUT2D eigenvalue weighted by Gasteiger charge is 2.33. The second-order valence-corrected chi connectivity index (χ2v) is 6.05. The van der Waals surface area contributed by atoms with Gasteiger partial charge in [-0.25, -0.2) is 4.79 Å². The molecule has 0 bridgehead atoms. The number of urea groups is 1. The van der Waals surface area contributed by atoms with Crippen molar-refractivity contribution in [3.05, 3.63) is 75.0 Å². The molecule has 0 spiro atoms. The average molecular weight is 404 g/mol. The van der Waals surface area contributed by atoms with Crippen molar-refractivity contribution < 1.29 is 9.59 Å². The Bertz CT molecular complexity index is 756. The lowest BCUT2D eigenvalue weighted by Crippen LogP contribution is -2.30. The molecule has 2 aromatic rings. The number of nitrogens with one attached hydrogen (secondary N) is 1. The maximum atomic E-state index is 12.4. The molecule has 1 aliphatic rings. The molecule has 0 radical (unpaired) electrons. The highest BCUT2D eigenvalue weighted by Crippen LogP contribution is 2.19. The maximum absolute atomic E-state index is 12.4. The van der Waals surface area contributed by atoms with Gasteiger partial charge < -0.3 is 5.32 Å². The van der Waals surface area contributed by atoms with Crippen LogP contribution in [0.15, 0.2) is 60.3 Å². The Morgan fingerprint density at radius 3 is 2.41 bits per heavy atom. The van der Waals surface area contributed by atoms with E-state index in [4.69, 9.17) is 0 Å². The van der Waals surface area contributed by atoms with E-state index in [1.54, 1.807) is 6.08 Å². The molecule has 1 N–H and O–H groups in total. The largest absolute Gasteiger partial charge is 0.329 e. The standard InChI is InChI=1S/C17H13IN2O2/c18-14-9-5-4-8-13(14)10-15-16(21)20(17(22)19-15)11-12-6-2-1-3-7-12/h1-10H,11H2,(H,19,22). The molecule has 0 aliphatic carbocycles. The van der Waals surface area contributed by atoms with Gasteiger partial charge in [0.1, 0.15) is 5.70 Å². The lowest BCUT2D eigenvalue weighted by molar-refractivity contribution is -0.123. The molecule has 2 aromatic carbocycles. The number of amides is 3. The highest BCUT2D eigenvalue weighted by atomic mass is 127. The van der Waals surface area contributed by atoms with Gasteiger partial charge >= 0.3 is 6.03 Å². The SMILES string of the molecule is O=C1NC(=Cc2ccccc2I)C(=O)N1Cc1ccccc1. The number of benzene rings is 2. The van der Waals surface area contributed by atoms with E-state index in [9.17, 15) is 9.59 Å². The predicted molar refractivity (Wildman–Crippen MR) is 92.7 cm³/mol. The molecule has 3 amide bonds. The van der Waals surface area contributed by atoms with Gasteiger partial charge in [0.05, 0.1) is 6.54 Å². The van der Waals surface area contributed by atoms with E-state index in [2.05, 4.69) is 27.9 Å². The Morgan fingerprint density at radius 1 is 1.00 bits per heavy atom. The Kier molecular flexibility index (Phi) is 4.24. The normalized spacial score (nSPS) is 16.2. The summed E-state index contributed by atoms with van der Waals surface area (Å²) in [4.78, 5) is 25.7. The van der Waals surface area contributed by atoms with Crippen molar-refractivity contribution in [1.82, 2.24) is 10.2 Å². The van der Waals surface area contributed by atoms with Gasteiger partial charge in [0.15, 0.2) is 0 Å². The third-order valence-corrected chi connectivity index (χ3v) is 4.33. The fourth-order valence-electron chi connectivity index (χ4n) is 2.23. The average Bonchev–Trinajstić information content (AvgIpc) is 2.78. The molecule has 0 aromatic heterocycles. The fourth-order valence-corrected chi connectivity index (χ4v) is 2.77. The van der Waals surface area contributed by atoms with Crippen molar-refractivity contribution in [2.24, 2.45) is 0 Å². The first-order chi connectivity index (χ1) is 10.6. The van der Waals surface area contributed by atoms with Crippen molar-refractivity contribution in [2.75, 3.05) is 0 Å². The monoisotopic (exact) mass is 404 g/mol. The predicted octanol–water partition coefficient (Wildman–Crippen LogP) is 3.38. The summed E-state index contributed by atoms with van der Waals surface area (Å²) >= 11 is 2.20. The molecular weight excluding hydrogens is 391 g/mol. The summed E-state index contributed by atoms with van der Waals surface area (Å²) in [5.74, 6) is -0.298. The van der Waals surface area contributed by atoms with E-state index in [0.29, 0.717) is 5.70 Å². The molecule has 1 aliphatic heterocycles. The van der Waals surface area contributed by atoms with Crippen LogP contribution in [0.3, 0.4) is 0 Å². The van der Waals surface area contributed by atoms with E-state index in [1.165, 1.54) is 4.90 Å². The van der Waals surface area contributed by atoms with Crippen LogP contribution in [0.4, 0.5) is 4.79 Å². The second kappa shape index (κ2) is 6.31. The minimum atomic E-state index is -0.383. The van der Waals surface area contributed by atoms with Crippen molar-refractivity contribution in [1.29, 1.82) is 0 Å². The van der Waals surface area contributed by atoms with Crippen LogP contribution in [0.1, 0.15) is 11.1 Å². The van der Waals surface area contributed by atoms with Crippen LogP contribution in [-0.4, -0.2) is 16.8 Å². The van der Waals surface area contributed by atoms with Crippen LogP contribution in [0.5, 0.6) is 0 Å². The molecule has 22 heavy (non-hydrogen) atoms. The molecule has 0 saturated carbocycles. The summed E-state index contributed by atoms with van der Waals surface area (Å²) in [6, 6.07) is 16.8. The van der Waals surface area contributed by atoms with Gasteiger partial charge in [0, 0.05) is 3.57 Å². The van der Waals surface area contributed by atoms with Crippen LogP contribution in [-0.2, 0) is 11.3 Å². The Morgan fingerprint density at radius 2 is 1.68 bits per heavy atom. The first-order valence-corrected chi connectivity index (χ1v) is 7.86. The molecule has 5 heteroatoms. The lowest BCUT2D eigenvalue weighted by Gasteiger charge is -2.11. The van der Waals surface area contributed by atoms with Gasteiger partial charge in [-0.1, -0.05) is 48.5 Å². The van der Waals surface area contributed by atoms with Crippen molar-refractivity contribution in [2.45, 2.75) is 6.54 Å². The molecule has 1 saturated heterocycles. The molecule has 0 unspecified atom stereocenters. The number of halogens is 1. The minimum absolute atomic E-state index is 0.273. The van der Waals surface area contributed by atoms with E-state index < -0.39 is 0 Å². The van der Waals surface area contributed by atoms with E-state index >= 15 is 0 Å². The summed E-state index contributed by atoms with van der Waals surface area (Å²) in [6.07, 6.45) is 1.72. The number of hydrogen-bond acceptors (Lipinski definition) is 2. The molecular formula is C17H13IN2O2. The smallest absolute Gasteiger partial charge is 0.303 e. The zero-order valence-electron chi connectivity index (χ0n) is 11.6. The fraction of sp³-hybridized carbons (Fsp3) is 0.0588. The van der Waals surface area contributed by atoms with Crippen LogP contribution in [0, 0.1) is 3.57 Å². The minimum Gasteiger partial charge on any atom is -0.303 e. The number of rotatable bonds is 3. The molecule has 1 heterocycles. The topological polar surface area (TPSA) is 49.4 Å². The van der Waals surface area contributed by atoms with Crippen molar-refractivity contribution in [3.8, 4) is 0 Å². The molecule has 1 fully saturated rings. The summed E-state index contributed by atoms with van der Waals surface area (Å²) in [6.45, 7) is 0.273. The summed E-state index contributed by atoms with van der Waals surface area (Å²) in [5, 5.41) is 2.64. The van der Waals surface area contributed by atoms with Crippen LogP contribution in [0.2, 0.25) is 0 Å². The molecule has 4 nitrogen and oxygen atoms in total. The van der Waals surface area contributed by atoms with Crippen LogP contribution in [0.25, 0.3) is 6.08 Å². The third kappa shape index (κ3) is 3.04. The number of carbonyl (C=O) groups is 2. The second-order valence-electron chi connectivity index (χ2n) is 4.89. The van der Waals surface area contributed by atoms with Gasteiger partial charge in [-0.05, 0) is 45.9 Å². The van der Waals surface area contributed by atoms with Gasteiger partial charge in [-0.15, -0.1) is 0 Å². The Balaban J connectivity index is 1.84.